The van der Waals surface area contributed by atoms with Crippen molar-refractivity contribution in [3.63, 3.8) is 0 Å². The van der Waals surface area contributed by atoms with Crippen LogP contribution >= 0.6 is 15.9 Å². The molecule has 2 rings (SSSR count). The second kappa shape index (κ2) is 9.70. The molecule has 0 fully saturated rings. The number of benzene rings is 2. The minimum atomic E-state index is -1.35. The molecule has 0 N–H and O–H groups in total. The summed E-state index contributed by atoms with van der Waals surface area (Å²) in [6.45, 7) is 1.78. The third-order valence-corrected chi connectivity index (χ3v) is 6.76. The number of hydrogen-bond acceptors (Lipinski definition) is 4. The molecule has 2 aromatic carbocycles. The molecule has 0 saturated heterocycles. The number of carbonyl (C=O) groups excluding carboxylic acids is 1. The Morgan fingerprint density at radius 2 is 1.84 bits per heavy atom. The predicted octanol–water partition coefficient (Wildman–Crippen LogP) is 3.12. The Hall–Kier alpha value is -1.69. The van der Waals surface area contributed by atoms with E-state index in [0.29, 0.717) is 0 Å². The molecule has 7 heteroatoms. The molecule has 0 bridgehead atoms. The van der Waals surface area contributed by atoms with E-state index in [1.165, 1.54) is 0 Å². The van der Waals surface area contributed by atoms with Crippen LogP contribution in [0.25, 0.3) is 0 Å². The predicted molar refractivity (Wildman–Crippen MR) is 101 cm³/mol. The molecular weight excluding hydrogens is 453 g/mol. The molecule has 0 aliphatic carbocycles. The zero-order valence-corrected chi connectivity index (χ0v) is 16.9. The fraction of sp³-hybridized carbons (Fsp3) is 0.278. The van der Waals surface area contributed by atoms with Gasteiger partial charge in [0.05, 0.1) is 0 Å². The maximum absolute atomic E-state index is 12.0. The van der Waals surface area contributed by atoms with Crippen molar-refractivity contribution >= 4 is 41.3 Å². The molecule has 2 aromatic rings. The van der Waals surface area contributed by atoms with Gasteiger partial charge in [-0.05, 0) is 0 Å². The molecule has 25 heavy (non-hydrogen) atoms. The molecule has 5 nitrogen and oxygen atoms in total. The first kappa shape index (κ1) is 19.6. The molecule has 0 aliphatic heterocycles. The maximum atomic E-state index is 12.0. The van der Waals surface area contributed by atoms with Crippen molar-refractivity contribution in [2.45, 2.75) is 24.2 Å². The summed E-state index contributed by atoms with van der Waals surface area (Å²) >= 11 is 3.36. The first-order valence-corrected chi connectivity index (χ1v) is 10.4. The van der Waals surface area contributed by atoms with Gasteiger partial charge in [-0.2, -0.15) is 0 Å². The molecule has 0 aromatic heterocycles. The van der Waals surface area contributed by atoms with Crippen molar-refractivity contribution in [1.82, 2.24) is 0 Å². The normalized spacial score (nSPS) is 13.0. The molecule has 0 saturated carbocycles. The summed E-state index contributed by atoms with van der Waals surface area (Å²) in [5.41, 5.74) is 0.989. The number of carbonyl (C=O) groups is 1. The van der Waals surface area contributed by atoms with Crippen LogP contribution in [0.3, 0.4) is 0 Å². The molecule has 0 aliphatic rings. The van der Waals surface area contributed by atoms with Crippen LogP contribution in [-0.4, -0.2) is 38.5 Å². The Balaban J connectivity index is 2.27. The molecular formula is C18H18BrNO4Se. The number of ether oxygens (including phenoxy) is 1. The van der Waals surface area contributed by atoms with Gasteiger partial charge < -0.3 is 0 Å². The van der Waals surface area contributed by atoms with Crippen molar-refractivity contribution < 1.29 is 14.5 Å². The number of nitrogens with zero attached hydrogens (tertiary/aromatic N) is 1. The van der Waals surface area contributed by atoms with Crippen LogP contribution in [0.5, 0.6) is 0 Å². The van der Waals surface area contributed by atoms with Crippen molar-refractivity contribution in [2.75, 3.05) is 6.61 Å². The van der Waals surface area contributed by atoms with Gasteiger partial charge in [-0.25, -0.2) is 0 Å². The van der Waals surface area contributed by atoms with E-state index in [1.54, 1.807) is 6.92 Å². The summed E-state index contributed by atoms with van der Waals surface area (Å²) in [6, 6.07) is 16.2. The zero-order chi connectivity index (χ0) is 18.2. The van der Waals surface area contributed by atoms with Crippen molar-refractivity contribution in [1.29, 1.82) is 0 Å². The Morgan fingerprint density at radius 3 is 2.40 bits per heavy atom. The van der Waals surface area contributed by atoms with Gasteiger partial charge in [0, 0.05) is 0 Å². The fourth-order valence-corrected chi connectivity index (χ4v) is 5.12. The SMILES string of the molecule is CCOC(=O)C(CC([Se]c1ccccc1)c1ccc(Br)cc1)[N+](=O)[O-]. The van der Waals surface area contributed by atoms with Gasteiger partial charge in [0.2, 0.25) is 0 Å². The van der Waals surface area contributed by atoms with Crippen LogP contribution in [0, 0.1) is 10.1 Å². The molecule has 2 atom stereocenters. The first-order chi connectivity index (χ1) is 12.0. The summed E-state index contributed by atoms with van der Waals surface area (Å²) in [6.07, 6.45) is 0.127. The second-order valence-corrected chi connectivity index (χ2v) is 8.85. The summed E-state index contributed by atoms with van der Waals surface area (Å²) in [7, 11) is 0. The summed E-state index contributed by atoms with van der Waals surface area (Å²) in [5, 5.41) is 11.4. The summed E-state index contributed by atoms with van der Waals surface area (Å²) in [4.78, 5) is 22.8. The van der Waals surface area contributed by atoms with Gasteiger partial charge in [-0.3, -0.25) is 0 Å². The third-order valence-electron chi connectivity index (χ3n) is 3.51. The average molecular weight is 471 g/mol. The molecule has 0 spiro atoms. The minimum absolute atomic E-state index is 0.0458. The molecule has 2 unspecified atom stereocenters. The second-order valence-electron chi connectivity index (χ2n) is 5.26. The van der Waals surface area contributed by atoms with E-state index in [2.05, 4.69) is 15.9 Å². The Kier molecular flexibility index (Phi) is 7.62. The number of halogens is 1. The molecule has 0 amide bonds. The Morgan fingerprint density at radius 1 is 1.20 bits per heavy atom. The monoisotopic (exact) mass is 471 g/mol. The van der Waals surface area contributed by atoms with E-state index in [-0.39, 0.29) is 32.8 Å². The third kappa shape index (κ3) is 5.96. The standard InChI is InChI=1S/C18H18BrNO4Se/c1-2-24-18(21)16(20(22)23)12-17(13-8-10-14(19)11-9-13)25-15-6-4-3-5-7-15/h3-11,16-17H,2,12H2,1H3. The van der Waals surface area contributed by atoms with Crippen molar-refractivity contribution in [3.8, 4) is 0 Å². The van der Waals surface area contributed by atoms with Gasteiger partial charge >= 0.3 is 161 Å². The van der Waals surface area contributed by atoms with Crippen LogP contribution in [0.15, 0.2) is 59.1 Å². The summed E-state index contributed by atoms with van der Waals surface area (Å²) in [5.74, 6) is -0.765. The van der Waals surface area contributed by atoms with Gasteiger partial charge in [0.25, 0.3) is 0 Å². The van der Waals surface area contributed by atoms with E-state index >= 15 is 0 Å². The van der Waals surface area contributed by atoms with Crippen molar-refractivity contribution in [3.05, 3.63) is 74.7 Å². The number of nitro groups is 1. The first-order valence-electron chi connectivity index (χ1n) is 7.78. The summed E-state index contributed by atoms with van der Waals surface area (Å²) < 4.78 is 6.97. The van der Waals surface area contributed by atoms with Crippen LogP contribution in [0.4, 0.5) is 0 Å². The topological polar surface area (TPSA) is 69.4 Å². The van der Waals surface area contributed by atoms with Crippen LogP contribution in [0.2, 0.25) is 0 Å². The van der Waals surface area contributed by atoms with E-state index in [0.717, 1.165) is 14.5 Å². The Bertz CT molecular complexity index is 709. The van der Waals surface area contributed by atoms with Gasteiger partial charge in [0.15, 0.2) is 0 Å². The zero-order valence-electron chi connectivity index (χ0n) is 13.6. The number of hydrogen-bond donors (Lipinski definition) is 0. The van der Waals surface area contributed by atoms with Crippen LogP contribution < -0.4 is 4.46 Å². The molecule has 0 radical (unpaired) electrons. The molecule has 132 valence electrons. The van der Waals surface area contributed by atoms with Crippen LogP contribution in [-0.2, 0) is 9.53 Å². The van der Waals surface area contributed by atoms with Crippen LogP contribution in [0.1, 0.15) is 23.7 Å². The van der Waals surface area contributed by atoms with Gasteiger partial charge in [-0.1, -0.05) is 0 Å². The number of rotatable bonds is 8. The Labute approximate surface area is 161 Å². The fourth-order valence-electron chi connectivity index (χ4n) is 2.30. The van der Waals surface area contributed by atoms with E-state index in [4.69, 9.17) is 4.74 Å². The van der Waals surface area contributed by atoms with Gasteiger partial charge in [-0.15, -0.1) is 0 Å². The van der Waals surface area contributed by atoms with E-state index in [9.17, 15) is 14.9 Å². The van der Waals surface area contributed by atoms with E-state index in [1.807, 2.05) is 54.6 Å². The average Bonchev–Trinajstić information content (AvgIpc) is 2.60. The van der Waals surface area contributed by atoms with E-state index < -0.39 is 16.9 Å². The van der Waals surface area contributed by atoms with Crippen molar-refractivity contribution in [2.24, 2.45) is 0 Å². The van der Waals surface area contributed by atoms with Gasteiger partial charge in [0.1, 0.15) is 0 Å². The quantitative estimate of drug-likeness (QED) is 0.257. The number of esters is 1. The molecule has 0 heterocycles.